The van der Waals surface area contributed by atoms with Crippen molar-refractivity contribution < 1.29 is 9.53 Å². The van der Waals surface area contributed by atoms with E-state index in [9.17, 15) is 4.79 Å². The van der Waals surface area contributed by atoms with Gasteiger partial charge in [-0.05, 0) is 70.1 Å². The van der Waals surface area contributed by atoms with Gasteiger partial charge in [-0.3, -0.25) is 0 Å². The molecule has 190 valence electrons. The number of aromatic nitrogens is 5. The first-order valence-corrected chi connectivity index (χ1v) is 12.9. The number of rotatable bonds is 5. The molecule has 5 rings (SSSR count). The van der Waals surface area contributed by atoms with Gasteiger partial charge in [-0.1, -0.05) is 6.08 Å². The number of ether oxygens (including phenoxy) is 1. The van der Waals surface area contributed by atoms with Crippen LogP contribution in [0.25, 0.3) is 11.2 Å². The SMILES string of the molecule is Cc1cc(C2=CCN(C(=O)OC(C)C)CC2)c2nc(CC3CCN(c4cc(C)ncn4)CC3)nn2c1. The van der Waals surface area contributed by atoms with E-state index in [4.69, 9.17) is 14.8 Å². The zero-order chi connectivity index (χ0) is 25.2. The first kappa shape index (κ1) is 24.2. The zero-order valence-electron chi connectivity index (χ0n) is 21.6. The van der Waals surface area contributed by atoms with Crippen LogP contribution in [0.2, 0.25) is 0 Å². The highest BCUT2D eigenvalue weighted by atomic mass is 16.6. The minimum Gasteiger partial charge on any atom is -0.447 e. The second-order valence-electron chi connectivity index (χ2n) is 10.2. The highest BCUT2D eigenvalue weighted by molar-refractivity contribution is 5.78. The van der Waals surface area contributed by atoms with Crippen LogP contribution < -0.4 is 4.90 Å². The maximum atomic E-state index is 12.3. The summed E-state index contributed by atoms with van der Waals surface area (Å²) in [6, 6.07) is 4.24. The van der Waals surface area contributed by atoms with Gasteiger partial charge >= 0.3 is 6.09 Å². The van der Waals surface area contributed by atoms with E-state index in [0.717, 1.165) is 72.9 Å². The van der Waals surface area contributed by atoms with Gasteiger partial charge in [-0.25, -0.2) is 24.3 Å². The molecule has 0 radical (unpaired) electrons. The Morgan fingerprint density at radius 2 is 1.94 bits per heavy atom. The van der Waals surface area contributed by atoms with E-state index in [-0.39, 0.29) is 12.2 Å². The van der Waals surface area contributed by atoms with E-state index in [1.807, 2.05) is 31.5 Å². The Bertz CT molecular complexity index is 1270. The lowest BCUT2D eigenvalue weighted by Gasteiger charge is -2.32. The Labute approximate surface area is 212 Å². The Balaban J connectivity index is 1.27. The fraction of sp³-hybridized carbons (Fsp3) is 0.519. The van der Waals surface area contributed by atoms with Crippen LogP contribution in [-0.4, -0.2) is 67.8 Å². The van der Waals surface area contributed by atoms with Crippen molar-refractivity contribution in [1.82, 2.24) is 29.5 Å². The smallest absolute Gasteiger partial charge is 0.410 e. The largest absolute Gasteiger partial charge is 0.447 e. The lowest BCUT2D eigenvalue weighted by Crippen LogP contribution is -2.36. The molecule has 9 nitrogen and oxygen atoms in total. The third-order valence-electron chi connectivity index (χ3n) is 6.96. The molecule has 0 bridgehead atoms. The van der Waals surface area contributed by atoms with Gasteiger partial charge in [0, 0.05) is 56.1 Å². The van der Waals surface area contributed by atoms with Crippen molar-refractivity contribution >= 4 is 23.1 Å². The lowest BCUT2D eigenvalue weighted by molar-refractivity contribution is 0.0799. The van der Waals surface area contributed by atoms with Crippen LogP contribution in [-0.2, 0) is 11.2 Å². The summed E-state index contributed by atoms with van der Waals surface area (Å²) in [6.45, 7) is 11.0. The van der Waals surface area contributed by atoms with E-state index in [2.05, 4.69) is 40.0 Å². The van der Waals surface area contributed by atoms with E-state index >= 15 is 0 Å². The molecule has 0 atom stereocenters. The van der Waals surface area contributed by atoms with Gasteiger partial charge in [-0.2, -0.15) is 5.10 Å². The predicted octanol–water partition coefficient (Wildman–Crippen LogP) is 4.23. The number of nitrogens with zero attached hydrogens (tertiary/aromatic N) is 7. The molecule has 3 aromatic heterocycles. The fourth-order valence-electron chi connectivity index (χ4n) is 5.08. The molecule has 1 amide bonds. The number of amides is 1. The third-order valence-corrected chi connectivity index (χ3v) is 6.96. The minimum atomic E-state index is -0.250. The molecule has 1 saturated heterocycles. The number of pyridine rings is 1. The first-order chi connectivity index (χ1) is 17.4. The van der Waals surface area contributed by atoms with Crippen LogP contribution in [0.5, 0.6) is 0 Å². The van der Waals surface area contributed by atoms with Crippen LogP contribution in [0.4, 0.5) is 10.6 Å². The predicted molar refractivity (Wildman–Crippen MR) is 139 cm³/mol. The summed E-state index contributed by atoms with van der Waals surface area (Å²) < 4.78 is 7.28. The zero-order valence-corrected chi connectivity index (χ0v) is 21.6. The monoisotopic (exact) mass is 489 g/mol. The van der Waals surface area contributed by atoms with Crippen LogP contribution in [0, 0.1) is 19.8 Å². The molecule has 3 aromatic rings. The molecule has 1 fully saturated rings. The van der Waals surface area contributed by atoms with E-state index in [1.165, 1.54) is 5.57 Å². The fourth-order valence-corrected chi connectivity index (χ4v) is 5.08. The van der Waals surface area contributed by atoms with Gasteiger partial charge in [0.25, 0.3) is 0 Å². The average Bonchev–Trinajstić information content (AvgIpc) is 3.25. The maximum absolute atomic E-state index is 12.3. The van der Waals surface area contributed by atoms with Gasteiger partial charge in [0.1, 0.15) is 12.1 Å². The maximum Gasteiger partial charge on any atom is 0.410 e. The summed E-state index contributed by atoms with van der Waals surface area (Å²) in [6.07, 6.45) is 9.30. The number of carbonyl (C=O) groups excluding carboxylic acids is 1. The number of piperidine rings is 1. The van der Waals surface area contributed by atoms with Crippen LogP contribution in [0.15, 0.2) is 30.7 Å². The molecule has 2 aliphatic rings. The summed E-state index contributed by atoms with van der Waals surface area (Å²) in [5, 5.41) is 4.85. The van der Waals surface area contributed by atoms with Crippen molar-refractivity contribution in [2.75, 3.05) is 31.1 Å². The normalized spacial score (nSPS) is 17.1. The summed E-state index contributed by atoms with van der Waals surface area (Å²) >= 11 is 0. The molecule has 0 aliphatic carbocycles. The summed E-state index contributed by atoms with van der Waals surface area (Å²) in [5.74, 6) is 2.47. The summed E-state index contributed by atoms with van der Waals surface area (Å²) in [4.78, 5) is 30.0. The Hall–Kier alpha value is -3.49. The van der Waals surface area contributed by atoms with E-state index < -0.39 is 0 Å². The molecule has 36 heavy (non-hydrogen) atoms. The quantitative estimate of drug-likeness (QED) is 0.530. The highest BCUT2D eigenvalue weighted by Gasteiger charge is 2.24. The Kier molecular flexibility index (Phi) is 6.89. The van der Waals surface area contributed by atoms with Gasteiger partial charge < -0.3 is 14.5 Å². The second-order valence-corrected chi connectivity index (χ2v) is 10.2. The Morgan fingerprint density at radius 3 is 2.64 bits per heavy atom. The van der Waals surface area contributed by atoms with Gasteiger partial charge in [0.05, 0.1) is 6.10 Å². The molecule has 9 heteroatoms. The van der Waals surface area contributed by atoms with Crippen molar-refractivity contribution in [3.63, 3.8) is 0 Å². The number of hydrogen-bond acceptors (Lipinski definition) is 7. The number of aryl methyl sites for hydroxylation is 2. The van der Waals surface area contributed by atoms with E-state index in [0.29, 0.717) is 19.0 Å². The van der Waals surface area contributed by atoms with Crippen molar-refractivity contribution in [2.45, 2.75) is 59.5 Å². The molecule has 5 heterocycles. The molecule has 0 spiro atoms. The van der Waals surface area contributed by atoms with Crippen LogP contribution in [0.3, 0.4) is 0 Å². The highest BCUT2D eigenvalue weighted by Crippen LogP contribution is 2.28. The lowest BCUT2D eigenvalue weighted by atomic mass is 9.93. The van der Waals surface area contributed by atoms with Crippen molar-refractivity contribution in [2.24, 2.45) is 5.92 Å². The van der Waals surface area contributed by atoms with Crippen molar-refractivity contribution in [1.29, 1.82) is 0 Å². The third kappa shape index (κ3) is 5.34. The van der Waals surface area contributed by atoms with Crippen molar-refractivity contribution in [3.05, 3.63) is 53.4 Å². The molecule has 0 aromatic carbocycles. The standard InChI is InChI=1S/C27H35N7O2/c1-18(2)36-27(35)33-11-7-22(8-12-33)23-13-19(3)16-34-26(23)30-24(31-34)15-21-5-9-32(10-6-21)25-14-20(4)28-17-29-25/h7,13-14,16-18,21H,5-6,8-12,15H2,1-4H3. The molecule has 0 unspecified atom stereocenters. The summed E-state index contributed by atoms with van der Waals surface area (Å²) in [5.41, 5.74) is 5.36. The second kappa shape index (κ2) is 10.2. The first-order valence-electron chi connectivity index (χ1n) is 12.9. The number of hydrogen-bond donors (Lipinski definition) is 0. The van der Waals surface area contributed by atoms with E-state index in [1.54, 1.807) is 11.2 Å². The average molecular weight is 490 g/mol. The molecule has 0 saturated carbocycles. The molecule has 2 aliphatic heterocycles. The number of anilines is 1. The van der Waals surface area contributed by atoms with Crippen LogP contribution in [0.1, 0.15) is 55.8 Å². The summed E-state index contributed by atoms with van der Waals surface area (Å²) in [7, 11) is 0. The van der Waals surface area contributed by atoms with Gasteiger partial charge in [0.15, 0.2) is 11.5 Å². The number of fused-ring (bicyclic) bond motifs is 1. The number of carbonyl (C=O) groups is 1. The Morgan fingerprint density at radius 1 is 1.14 bits per heavy atom. The van der Waals surface area contributed by atoms with Crippen molar-refractivity contribution in [3.8, 4) is 0 Å². The van der Waals surface area contributed by atoms with Crippen LogP contribution >= 0.6 is 0 Å². The molecule has 0 N–H and O–H groups in total. The van der Waals surface area contributed by atoms with Gasteiger partial charge in [-0.15, -0.1) is 0 Å². The molecular formula is C27H35N7O2. The molecular weight excluding hydrogens is 454 g/mol. The minimum absolute atomic E-state index is 0.113. The van der Waals surface area contributed by atoms with Gasteiger partial charge in [0.2, 0.25) is 0 Å². The topological polar surface area (TPSA) is 88.8 Å².